The quantitative estimate of drug-likeness (QED) is 0.822. The van der Waals surface area contributed by atoms with Crippen LogP contribution in [0.3, 0.4) is 0 Å². The first kappa shape index (κ1) is 15.0. The molecule has 0 aliphatic rings. The van der Waals surface area contributed by atoms with Gasteiger partial charge in [0.1, 0.15) is 0 Å². The zero-order chi connectivity index (χ0) is 13.7. The summed E-state index contributed by atoms with van der Waals surface area (Å²) in [5.41, 5.74) is 6.59. The average Bonchev–Trinajstić information content (AvgIpc) is 2.26. The van der Waals surface area contributed by atoms with Gasteiger partial charge in [-0.05, 0) is 38.7 Å². The zero-order valence-electron chi connectivity index (χ0n) is 11.0. The fraction of sp³-hybridized carbons (Fsp3) is 0.462. The number of primary amides is 1. The van der Waals surface area contributed by atoms with Gasteiger partial charge in [-0.15, -0.1) is 0 Å². The van der Waals surface area contributed by atoms with Crippen molar-refractivity contribution >= 4 is 17.5 Å². The van der Waals surface area contributed by atoms with Gasteiger partial charge < -0.3 is 16.0 Å². The summed E-state index contributed by atoms with van der Waals surface area (Å²) >= 11 is 6.10. The molecule has 0 aromatic heterocycles. The number of benzene rings is 1. The number of nitrogens with one attached hydrogen (secondary N) is 1. The van der Waals surface area contributed by atoms with E-state index in [2.05, 4.69) is 17.1 Å². The highest BCUT2D eigenvalue weighted by Gasteiger charge is 2.07. The molecule has 0 spiro atoms. The number of hydrogen-bond acceptors (Lipinski definition) is 3. The van der Waals surface area contributed by atoms with Gasteiger partial charge in [0.05, 0.1) is 0 Å². The van der Waals surface area contributed by atoms with Crippen LogP contribution < -0.4 is 11.1 Å². The van der Waals surface area contributed by atoms with E-state index in [0.717, 1.165) is 12.1 Å². The summed E-state index contributed by atoms with van der Waals surface area (Å²) < 4.78 is 0. The molecule has 4 nitrogen and oxygen atoms in total. The molecule has 0 radical (unpaired) electrons. The van der Waals surface area contributed by atoms with E-state index in [4.69, 9.17) is 17.3 Å². The Hall–Kier alpha value is -1.10. The summed E-state index contributed by atoms with van der Waals surface area (Å²) in [6, 6.07) is 5.50. The Bertz CT molecular complexity index is 421. The van der Waals surface area contributed by atoms with Crippen molar-refractivity contribution in [1.29, 1.82) is 0 Å². The van der Waals surface area contributed by atoms with E-state index in [9.17, 15) is 4.79 Å². The van der Waals surface area contributed by atoms with Gasteiger partial charge in [0.2, 0.25) is 5.91 Å². The van der Waals surface area contributed by atoms with E-state index >= 15 is 0 Å². The number of nitrogens with zero attached hydrogens (tertiary/aromatic N) is 1. The van der Waals surface area contributed by atoms with E-state index in [-0.39, 0.29) is 0 Å². The minimum Gasteiger partial charge on any atom is -0.366 e. The molecular formula is C13H20ClN3O. The molecule has 1 rings (SSSR count). The standard InChI is InChI=1S/C13H20ClN3O/c1-9(8-17(2)3)16-7-11-5-4-10(13(15)18)6-12(11)14/h4-6,9,16H,7-8H2,1-3H3,(H2,15,18). The number of nitrogens with two attached hydrogens (primary N) is 1. The summed E-state index contributed by atoms with van der Waals surface area (Å²) in [4.78, 5) is 13.1. The normalized spacial score (nSPS) is 12.7. The molecule has 0 bridgehead atoms. The van der Waals surface area contributed by atoms with Crippen molar-refractivity contribution in [2.75, 3.05) is 20.6 Å². The van der Waals surface area contributed by atoms with Gasteiger partial charge in [-0.2, -0.15) is 0 Å². The molecule has 1 atom stereocenters. The first-order valence-corrected chi connectivity index (χ1v) is 6.24. The van der Waals surface area contributed by atoms with Crippen LogP contribution in [0.2, 0.25) is 5.02 Å². The van der Waals surface area contributed by atoms with Crippen LogP contribution in [0.4, 0.5) is 0 Å². The predicted octanol–water partition coefficient (Wildman–Crippen LogP) is 1.48. The van der Waals surface area contributed by atoms with Crippen molar-refractivity contribution in [2.45, 2.75) is 19.5 Å². The second-order valence-corrected chi connectivity index (χ2v) is 5.12. The summed E-state index contributed by atoms with van der Waals surface area (Å²) in [6.07, 6.45) is 0. The molecule has 1 unspecified atom stereocenters. The Morgan fingerprint density at radius 2 is 2.17 bits per heavy atom. The van der Waals surface area contributed by atoms with E-state index in [1.807, 2.05) is 20.2 Å². The number of amides is 1. The molecule has 1 aromatic carbocycles. The van der Waals surface area contributed by atoms with Crippen LogP contribution in [0, 0.1) is 0 Å². The fourth-order valence-corrected chi connectivity index (χ4v) is 1.99. The fourth-order valence-electron chi connectivity index (χ4n) is 1.74. The highest BCUT2D eigenvalue weighted by Crippen LogP contribution is 2.17. The van der Waals surface area contributed by atoms with E-state index in [1.165, 1.54) is 0 Å². The molecular weight excluding hydrogens is 250 g/mol. The lowest BCUT2D eigenvalue weighted by Crippen LogP contribution is -2.35. The molecule has 0 saturated carbocycles. The van der Waals surface area contributed by atoms with Crippen molar-refractivity contribution in [3.05, 3.63) is 34.3 Å². The number of carbonyl (C=O) groups is 1. The largest absolute Gasteiger partial charge is 0.366 e. The predicted molar refractivity (Wildman–Crippen MR) is 74.8 cm³/mol. The van der Waals surface area contributed by atoms with Crippen molar-refractivity contribution in [2.24, 2.45) is 5.73 Å². The Balaban J connectivity index is 2.60. The minimum absolute atomic E-state index is 0.367. The van der Waals surface area contributed by atoms with Crippen molar-refractivity contribution in [3.63, 3.8) is 0 Å². The third-order valence-corrected chi connectivity index (χ3v) is 2.97. The first-order valence-electron chi connectivity index (χ1n) is 5.86. The topological polar surface area (TPSA) is 58.4 Å². The number of rotatable bonds is 6. The van der Waals surface area contributed by atoms with E-state index in [0.29, 0.717) is 23.2 Å². The Morgan fingerprint density at radius 1 is 1.50 bits per heavy atom. The molecule has 1 aromatic rings. The lowest BCUT2D eigenvalue weighted by molar-refractivity contribution is 0.100. The molecule has 0 saturated heterocycles. The van der Waals surface area contributed by atoms with Gasteiger partial charge in [-0.3, -0.25) is 4.79 Å². The minimum atomic E-state index is -0.461. The van der Waals surface area contributed by atoms with Crippen LogP contribution in [-0.2, 0) is 6.54 Å². The summed E-state index contributed by atoms with van der Waals surface area (Å²) in [5.74, 6) is -0.461. The van der Waals surface area contributed by atoms with Gasteiger partial charge >= 0.3 is 0 Å². The molecule has 0 aliphatic carbocycles. The number of halogens is 1. The highest BCUT2D eigenvalue weighted by atomic mass is 35.5. The van der Waals surface area contributed by atoms with Gasteiger partial charge in [-0.25, -0.2) is 0 Å². The van der Waals surface area contributed by atoms with Crippen LogP contribution in [0.25, 0.3) is 0 Å². The SMILES string of the molecule is CC(CN(C)C)NCc1ccc(C(N)=O)cc1Cl. The summed E-state index contributed by atoms with van der Waals surface area (Å²) in [7, 11) is 4.07. The molecule has 3 N–H and O–H groups in total. The molecule has 0 fully saturated rings. The second-order valence-electron chi connectivity index (χ2n) is 4.71. The van der Waals surface area contributed by atoms with Crippen LogP contribution >= 0.6 is 11.6 Å². The molecule has 0 aliphatic heterocycles. The molecule has 0 heterocycles. The molecule has 100 valence electrons. The highest BCUT2D eigenvalue weighted by molar-refractivity contribution is 6.31. The van der Waals surface area contributed by atoms with Gasteiger partial charge in [-0.1, -0.05) is 17.7 Å². The summed E-state index contributed by atoms with van der Waals surface area (Å²) in [6.45, 7) is 3.75. The lowest BCUT2D eigenvalue weighted by Gasteiger charge is -2.18. The van der Waals surface area contributed by atoms with Gasteiger partial charge in [0.25, 0.3) is 0 Å². The number of hydrogen-bond donors (Lipinski definition) is 2. The van der Waals surface area contributed by atoms with E-state index < -0.39 is 5.91 Å². The van der Waals surface area contributed by atoms with E-state index in [1.54, 1.807) is 12.1 Å². The van der Waals surface area contributed by atoms with Crippen LogP contribution in [0.1, 0.15) is 22.8 Å². The molecule has 5 heteroatoms. The second kappa shape index (κ2) is 6.73. The summed E-state index contributed by atoms with van der Waals surface area (Å²) in [5, 5.41) is 3.94. The Kier molecular flexibility index (Phi) is 5.59. The van der Waals surface area contributed by atoms with Crippen LogP contribution in [0.15, 0.2) is 18.2 Å². The monoisotopic (exact) mass is 269 g/mol. The van der Waals surface area contributed by atoms with Crippen molar-refractivity contribution in [3.8, 4) is 0 Å². The van der Waals surface area contributed by atoms with Crippen molar-refractivity contribution in [1.82, 2.24) is 10.2 Å². The molecule has 18 heavy (non-hydrogen) atoms. The lowest BCUT2D eigenvalue weighted by atomic mass is 10.1. The smallest absolute Gasteiger partial charge is 0.248 e. The third kappa shape index (κ3) is 4.64. The maximum atomic E-state index is 11.0. The van der Waals surface area contributed by atoms with Crippen LogP contribution in [0.5, 0.6) is 0 Å². The van der Waals surface area contributed by atoms with Gasteiger partial charge in [0.15, 0.2) is 0 Å². The zero-order valence-corrected chi connectivity index (χ0v) is 11.8. The van der Waals surface area contributed by atoms with Crippen molar-refractivity contribution < 1.29 is 4.79 Å². The Morgan fingerprint density at radius 3 is 2.67 bits per heavy atom. The Labute approximate surface area is 113 Å². The maximum Gasteiger partial charge on any atom is 0.248 e. The third-order valence-electron chi connectivity index (χ3n) is 2.62. The van der Waals surface area contributed by atoms with Gasteiger partial charge in [0, 0.05) is 29.7 Å². The molecule has 1 amide bonds. The first-order chi connectivity index (χ1) is 8.40. The average molecular weight is 270 g/mol. The van der Waals surface area contributed by atoms with Crippen LogP contribution in [-0.4, -0.2) is 37.5 Å². The maximum absolute atomic E-state index is 11.0. The number of likely N-dealkylation sites (N-methyl/N-ethyl adjacent to an activating group) is 1. The number of carbonyl (C=O) groups excluding carboxylic acids is 1.